The Bertz CT molecular complexity index is 916. The molecule has 3 fully saturated rings. The van der Waals surface area contributed by atoms with E-state index in [1.807, 2.05) is 6.92 Å². The molecule has 0 spiro atoms. The molecular formula is C22H30FNO6S. The van der Waals surface area contributed by atoms with E-state index in [2.05, 4.69) is 0 Å². The van der Waals surface area contributed by atoms with Crippen molar-refractivity contribution in [2.75, 3.05) is 32.6 Å². The number of hydrogen-bond acceptors (Lipinski definition) is 6. The molecule has 1 aromatic rings. The summed E-state index contributed by atoms with van der Waals surface area (Å²) in [5.74, 6) is -0.0543. The van der Waals surface area contributed by atoms with Crippen LogP contribution >= 0.6 is 0 Å². The normalized spacial score (nSPS) is 26.5. The number of carbonyl (C=O) groups excluding carboxylic acids is 1. The minimum Gasteiger partial charge on any atom is -0.443 e. The second-order valence-corrected chi connectivity index (χ2v) is 11.3. The maximum absolute atomic E-state index is 14.1. The molecule has 0 aromatic heterocycles. The molecule has 1 aromatic carbocycles. The van der Waals surface area contributed by atoms with E-state index >= 15 is 0 Å². The number of amides is 1. The SMILES string of the molecule is CC1(OC(=O)N2CCC(CC3COC(c4ccc(S(C)(=O)=O)c(F)c4)OC3)CC2)CC1. The van der Waals surface area contributed by atoms with E-state index < -0.39 is 21.9 Å². The van der Waals surface area contributed by atoms with Crippen molar-refractivity contribution in [2.24, 2.45) is 11.8 Å². The van der Waals surface area contributed by atoms with Crippen LogP contribution in [-0.4, -0.2) is 57.6 Å². The summed E-state index contributed by atoms with van der Waals surface area (Å²) in [5, 5.41) is 0. The fraction of sp³-hybridized carbons (Fsp3) is 0.682. The molecule has 0 radical (unpaired) electrons. The van der Waals surface area contributed by atoms with Crippen LogP contribution in [0, 0.1) is 17.7 Å². The molecule has 1 aliphatic carbocycles. The van der Waals surface area contributed by atoms with Gasteiger partial charge >= 0.3 is 6.09 Å². The highest BCUT2D eigenvalue weighted by Crippen LogP contribution is 2.39. The van der Waals surface area contributed by atoms with Gasteiger partial charge in [0.1, 0.15) is 16.3 Å². The molecule has 1 saturated carbocycles. The van der Waals surface area contributed by atoms with Gasteiger partial charge in [-0.05, 0) is 57.1 Å². The zero-order chi connectivity index (χ0) is 22.2. The first kappa shape index (κ1) is 22.5. The molecule has 0 N–H and O–H groups in total. The van der Waals surface area contributed by atoms with Crippen molar-refractivity contribution in [3.8, 4) is 0 Å². The Morgan fingerprint density at radius 2 is 1.84 bits per heavy atom. The van der Waals surface area contributed by atoms with E-state index in [-0.39, 0.29) is 22.5 Å². The van der Waals surface area contributed by atoms with Gasteiger partial charge in [-0.15, -0.1) is 0 Å². The van der Waals surface area contributed by atoms with Gasteiger partial charge in [0, 0.05) is 30.8 Å². The Labute approximate surface area is 182 Å². The van der Waals surface area contributed by atoms with Crippen LogP contribution < -0.4 is 0 Å². The first-order chi connectivity index (χ1) is 14.6. The lowest BCUT2D eigenvalue weighted by Crippen LogP contribution is -2.41. The Balaban J connectivity index is 1.22. The lowest BCUT2D eigenvalue weighted by Gasteiger charge is -2.35. The Hall–Kier alpha value is -1.71. The lowest BCUT2D eigenvalue weighted by molar-refractivity contribution is -0.208. The van der Waals surface area contributed by atoms with Gasteiger partial charge in [-0.1, -0.05) is 6.07 Å². The van der Waals surface area contributed by atoms with Gasteiger partial charge in [0.2, 0.25) is 0 Å². The van der Waals surface area contributed by atoms with Crippen molar-refractivity contribution >= 4 is 15.9 Å². The van der Waals surface area contributed by atoms with Gasteiger partial charge < -0.3 is 19.1 Å². The van der Waals surface area contributed by atoms with Crippen molar-refractivity contribution in [3.05, 3.63) is 29.6 Å². The highest BCUT2D eigenvalue weighted by Gasteiger charge is 2.43. The van der Waals surface area contributed by atoms with Crippen LogP contribution in [0.1, 0.15) is 50.9 Å². The maximum Gasteiger partial charge on any atom is 0.410 e. The summed E-state index contributed by atoms with van der Waals surface area (Å²) >= 11 is 0. The average molecular weight is 456 g/mol. The fourth-order valence-electron chi connectivity index (χ4n) is 4.21. The summed E-state index contributed by atoms with van der Waals surface area (Å²) in [6.45, 7) is 4.40. The zero-order valence-corrected chi connectivity index (χ0v) is 18.8. The van der Waals surface area contributed by atoms with Gasteiger partial charge in [0.25, 0.3) is 0 Å². The lowest BCUT2D eigenvalue weighted by atomic mass is 9.87. The first-order valence-corrected chi connectivity index (χ1v) is 12.7. The summed E-state index contributed by atoms with van der Waals surface area (Å²) < 4.78 is 54.4. The molecule has 3 aliphatic rings. The van der Waals surface area contributed by atoms with E-state index in [1.54, 1.807) is 4.90 Å². The predicted octanol–water partition coefficient (Wildman–Crippen LogP) is 3.68. The van der Waals surface area contributed by atoms with Crippen molar-refractivity contribution in [1.82, 2.24) is 4.90 Å². The third-order valence-electron chi connectivity index (χ3n) is 6.42. The fourth-order valence-corrected chi connectivity index (χ4v) is 4.94. The van der Waals surface area contributed by atoms with E-state index in [0.717, 1.165) is 44.4 Å². The summed E-state index contributed by atoms with van der Waals surface area (Å²) in [5.41, 5.74) is 0.231. The molecule has 0 bridgehead atoms. The molecule has 0 atom stereocenters. The predicted molar refractivity (Wildman–Crippen MR) is 111 cm³/mol. The van der Waals surface area contributed by atoms with Crippen LogP contribution in [0.5, 0.6) is 0 Å². The van der Waals surface area contributed by atoms with Crippen molar-refractivity contribution < 1.29 is 31.8 Å². The smallest absolute Gasteiger partial charge is 0.410 e. The third-order valence-corrected chi connectivity index (χ3v) is 7.55. The van der Waals surface area contributed by atoms with E-state index in [0.29, 0.717) is 37.8 Å². The molecule has 9 heteroatoms. The van der Waals surface area contributed by atoms with Crippen molar-refractivity contribution in [2.45, 2.75) is 55.8 Å². The Morgan fingerprint density at radius 3 is 2.39 bits per heavy atom. The number of likely N-dealkylation sites (tertiary alicyclic amines) is 1. The Kier molecular flexibility index (Phi) is 6.29. The highest BCUT2D eigenvalue weighted by atomic mass is 32.2. The van der Waals surface area contributed by atoms with E-state index in [9.17, 15) is 17.6 Å². The number of benzene rings is 1. The molecule has 31 heavy (non-hydrogen) atoms. The van der Waals surface area contributed by atoms with Gasteiger partial charge in [0.05, 0.1) is 13.2 Å². The van der Waals surface area contributed by atoms with Gasteiger partial charge in [-0.2, -0.15) is 0 Å². The zero-order valence-electron chi connectivity index (χ0n) is 18.0. The summed E-state index contributed by atoms with van der Waals surface area (Å²) in [7, 11) is -3.61. The standard InChI is InChI=1S/C22H30FNO6S/c1-22(7-8-22)30-21(25)24-9-5-15(6-10-24)11-16-13-28-20(29-14-16)17-3-4-19(18(23)12-17)31(2,26)27/h3-4,12,15-16,20H,5-11,13-14H2,1-2H3. The van der Waals surface area contributed by atoms with Crippen LogP contribution in [0.25, 0.3) is 0 Å². The molecule has 172 valence electrons. The highest BCUT2D eigenvalue weighted by molar-refractivity contribution is 7.90. The average Bonchev–Trinajstić information content (AvgIpc) is 3.44. The largest absolute Gasteiger partial charge is 0.443 e. The number of piperidine rings is 1. The topological polar surface area (TPSA) is 82.1 Å². The Morgan fingerprint density at radius 1 is 1.19 bits per heavy atom. The molecule has 4 rings (SSSR count). The summed E-state index contributed by atoms with van der Waals surface area (Å²) in [6, 6.07) is 3.95. The summed E-state index contributed by atoms with van der Waals surface area (Å²) in [6.07, 6.45) is 4.81. The number of carbonyl (C=O) groups is 1. The van der Waals surface area contributed by atoms with Crippen LogP contribution in [-0.2, 0) is 24.0 Å². The van der Waals surface area contributed by atoms with Crippen LogP contribution in [0.4, 0.5) is 9.18 Å². The number of rotatable bonds is 5. The second-order valence-electron chi connectivity index (χ2n) is 9.31. The number of nitrogens with zero attached hydrogens (tertiary/aromatic N) is 1. The molecule has 7 nitrogen and oxygen atoms in total. The molecule has 1 amide bonds. The quantitative estimate of drug-likeness (QED) is 0.674. The van der Waals surface area contributed by atoms with E-state index in [1.165, 1.54) is 12.1 Å². The van der Waals surface area contributed by atoms with E-state index in [4.69, 9.17) is 14.2 Å². The molecule has 2 saturated heterocycles. The van der Waals surface area contributed by atoms with Crippen molar-refractivity contribution in [1.29, 1.82) is 0 Å². The van der Waals surface area contributed by atoms with Crippen LogP contribution in [0.15, 0.2) is 23.1 Å². The maximum atomic E-state index is 14.1. The number of halogens is 1. The van der Waals surface area contributed by atoms with Gasteiger partial charge in [0.15, 0.2) is 16.1 Å². The monoisotopic (exact) mass is 455 g/mol. The number of ether oxygens (including phenoxy) is 3. The molecule has 0 unspecified atom stereocenters. The van der Waals surface area contributed by atoms with Gasteiger partial charge in [-0.3, -0.25) is 0 Å². The minimum absolute atomic E-state index is 0.195. The van der Waals surface area contributed by atoms with Crippen LogP contribution in [0.3, 0.4) is 0 Å². The van der Waals surface area contributed by atoms with Gasteiger partial charge in [-0.25, -0.2) is 17.6 Å². The molecular weight excluding hydrogens is 425 g/mol. The van der Waals surface area contributed by atoms with Crippen molar-refractivity contribution in [3.63, 3.8) is 0 Å². The minimum atomic E-state index is -3.61. The molecule has 2 aliphatic heterocycles. The third kappa shape index (κ3) is 5.56. The number of sulfone groups is 1. The van der Waals surface area contributed by atoms with Crippen LogP contribution in [0.2, 0.25) is 0 Å². The summed E-state index contributed by atoms with van der Waals surface area (Å²) in [4.78, 5) is 13.7. The molecule has 2 heterocycles. The first-order valence-electron chi connectivity index (χ1n) is 10.8. The second kappa shape index (κ2) is 8.67. The number of hydrogen-bond donors (Lipinski definition) is 0.